The van der Waals surface area contributed by atoms with Gasteiger partial charge in [-0.3, -0.25) is 4.79 Å². The number of carbonyl (C=O) groups is 1. The molecule has 33 heavy (non-hydrogen) atoms. The molecule has 1 N–H and O–H groups in total. The molecule has 0 heterocycles. The predicted octanol–water partition coefficient (Wildman–Crippen LogP) is 3.47. The molecule has 0 aromatic heterocycles. The first-order valence-corrected chi connectivity index (χ1v) is 12.1. The summed E-state index contributed by atoms with van der Waals surface area (Å²) in [6, 6.07) is 0. The highest BCUT2D eigenvalue weighted by Gasteiger charge is 2.40. The lowest BCUT2D eigenvalue weighted by Crippen LogP contribution is -2.48. The van der Waals surface area contributed by atoms with Crippen LogP contribution in [0.15, 0.2) is 12.2 Å². The van der Waals surface area contributed by atoms with Crippen molar-refractivity contribution in [1.29, 1.82) is 0 Å². The molecule has 8 nitrogen and oxygen atoms in total. The van der Waals surface area contributed by atoms with Gasteiger partial charge in [-0.2, -0.15) is 0 Å². The van der Waals surface area contributed by atoms with Crippen LogP contribution in [0.5, 0.6) is 0 Å². The molecule has 0 spiro atoms. The summed E-state index contributed by atoms with van der Waals surface area (Å²) in [5.41, 5.74) is 0. The van der Waals surface area contributed by atoms with Crippen LogP contribution in [-0.4, -0.2) is 89.9 Å². The quantitative estimate of drug-likeness (QED) is 0.303. The number of carboxylic acids is 1. The molecular weight excluding hydrogens is 428 g/mol. The minimum atomic E-state index is -0.747. The third-order valence-corrected chi connectivity index (χ3v) is 7.09. The van der Waals surface area contributed by atoms with Crippen molar-refractivity contribution in [1.82, 2.24) is 0 Å². The number of unbranched alkanes of at least 4 members (excludes halogenated alkanes) is 2. The summed E-state index contributed by atoms with van der Waals surface area (Å²) >= 11 is 0. The van der Waals surface area contributed by atoms with Crippen molar-refractivity contribution in [3.8, 4) is 0 Å². The van der Waals surface area contributed by atoms with E-state index in [1.807, 2.05) is 0 Å². The van der Waals surface area contributed by atoms with E-state index in [1.165, 1.54) is 0 Å². The van der Waals surface area contributed by atoms with E-state index in [4.69, 9.17) is 33.5 Å². The summed E-state index contributed by atoms with van der Waals surface area (Å²) in [5.74, 6) is -0.0334. The van der Waals surface area contributed by atoms with Crippen LogP contribution in [0.2, 0.25) is 0 Å². The molecule has 2 fully saturated rings. The van der Waals surface area contributed by atoms with Gasteiger partial charge in [-0.15, -0.1) is 0 Å². The van der Waals surface area contributed by atoms with Gasteiger partial charge in [0.1, 0.15) is 12.2 Å². The standard InChI is InChI=1S/C25H44O8/c1-28-19-13-17(14-20(29-2)24(19)32-5)10-11-18-15-21(30-3)25(22(16-18)31-4)33-12-8-6-7-9-23(26)27/h10-11,17-22,24-25H,6-9,12-16H2,1-5H3,(H,26,27)/b11-10+. The molecule has 2 rings (SSSR count). The lowest BCUT2D eigenvalue weighted by atomic mass is 9.79. The van der Waals surface area contributed by atoms with Gasteiger partial charge in [-0.05, 0) is 50.4 Å². The van der Waals surface area contributed by atoms with Crippen molar-refractivity contribution in [3.63, 3.8) is 0 Å². The summed E-state index contributed by atoms with van der Waals surface area (Å²) in [5, 5.41) is 8.75. The molecule has 0 bridgehead atoms. The number of carboxylic acid groups (broad SMARTS) is 1. The third kappa shape index (κ3) is 8.60. The van der Waals surface area contributed by atoms with Gasteiger partial charge >= 0.3 is 5.97 Å². The van der Waals surface area contributed by atoms with Gasteiger partial charge < -0.3 is 33.5 Å². The number of methoxy groups -OCH3 is 5. The topological polar surface area (TPSA) is 92.7 Å². The molecule has 0 aromatic carbocycles. The number of hydrogen-bond acceptors (Lipinski definition) is 7. The van der Waals surface area contributed by atoms with Gasteiger partial charge in [0.2, 0.25) is 0 Å². The molecular formula is C25H44O8. The highest BCUT2D eigenvalue weighted by molar-refractivity contribution is 5.66. The molecule has 4 atom stereocenters. The zero-order valence-electron chi connectivity index (χ0n) is 20.9. The van der Waals surface area contributed by atoms with E-state index in [-0.39, 0.29) is 43.0 Å². The third-order valence-electron chi connectivity index (χ3n) is 7.09. The minimum absolute atomic E-state index is 0.0152. The number of aliphatic carboxylic acids is 1. The summed E-state index contributed by atoms with van der Waals surface area (Å²) in [6.45, 7) is 0.587. The fourth-order valence-corrected chi connectivity index (χ4v) is 5.24. The van der Waals surface area contributed by atoms with Crippen LogP contribution >= 0.6 is 0 Å². The van der Waals surface area contributed by atoms with Gasteiger partial charge in [0.15, 0.2) is 0 Å². The zero-order chi connectivity index (χ0) is 24.2. The summed E-state index contributed by atoms with van der Waals surface area (Å²) in [6.07, 6.45) is 10.5. The Hall–Kier alpha value is -1.03. The number of hydrogen-bond donors (Lipinski definition) is 1. The highest BCUT2D eigenvalue weighted by atomic mass is 16.6. The minimum Gasteiger partial charge on any atom is -0.481 e. The highest BCUT2D eigenvalue weighted by Crippen LogP contribution is 2.34. The smallest absolute Gasteiger partial charge is 0.303 e. The van der Waals surface area contributed by atoms with Gasteiger partial charge in [0.05, 0.1) is 24.4 Å². The molecule has 0 radical (unpaired) electrons. The largest absolute Gasteiger partial charge is 0.481 e. The number of rotatable bonds is 14. The zero-order valence-corrected chi connectivity index (χ0v) is 20.9. The van der Waals surface area contributed by atoms with Gasteiger partial charge in [0.25, 0.3) is 0 Å². The van der Waals surface area contributed by atoms with E-state index in [0.29, 0.717) is 24.9 Å². The van der Waals surface area contributed by atoms with Crippen LogP contribution in [-0.2, 0) is 33.2 Å². The lowest BCUT2D eigenvalue weighted by Gasteiger charge is -2.40. The monoisotopic (exact) mass is 472 g/mol. The number of allylic oxidation sites excluding steroid dienone is 2. The Bertz CT molecular complexity index is 555. The molecule has 4 unspecified atom stereocenters. The second-order valence-corrected chi connectivity index (χ2v) is 9.18. The second kappa shape index (κ2) is 15.1. The first kappa shape index (κ1) is 28.2. The fraction of sp³-hybridized carbons (Fsp3) is 0.880. The Morgan fingerprint density at radius 3 is 1.55 bits per heavy atom. The van der Waals surface area contributed by atoms with Gasteiger partial charge in [-0.1, -0.05) is 18.6 Å². The van der Waals surface area contributed by atoms with Crippen molar-refractivity contribution in [2.45, 2.75) is 88.0 Å². The molecule has 2 aliphatic carbocycles. The normalized spacial score (nSPS) is 35.2. The second-order valence-electron chi connectivity index (χ2n) is 9.18. The summed E-state index contributed by atoms with van der Waals surface area (Å²) < 4.78 is 34.7. The van der Waals surface area contributed by atoms with E-state index in [9.17, 15) is 4.79 Å². The van der Waals surface area contributed by atoms with E-state index < -0.39 is 5.97 Å². The van der Waals surface area contributed by atoms with Crippen molar-refractivity contribution in [2.75, 3.05) is 42.2 Å². The van der Waals surface area contributed by atoms with Gasteiger partial charge in [-0.25, -0.2) is 0 Å². The average Bonchev–Trinajstić information content (AvgIpc) is 2.83. The Morgan fingerprint density at radius 1 is 0.697 bits per heavy atom. The SMILES string of the molecule is COC1CC(/C=C/C2CC(OC)C(OCCCCCC(=O)O)C(OC)C2)CC(OC)C1OC. The molecule has 0 aromatic rings. The molecule has 192 valence electrons. The fourth-order valence-electron chi connectivity index (χ4n) is 5.24. The van der Waals surface area contributed by atoms with Crippen LogP contribution < -0.4 is 0 Å². The Kier molecular flexibility index (Phi) is 12.9. The van der Waals surface area contributed by atoms with E-state index in [0.717, 1.165) is 38.5 Å². The van der Waals surface area contributed by atoms with Crippen molar-refractivity contribution in [2.24, 2.45) is 11.8 Å². The summed E-state index contributed by atoms with van der Waals surface area (Å²) in [4.78, 5) is 10.6. The molecule has 0 aliphatic heterocycles. The first-order chi connectivity index (χ1) is 16.0. The summed E-state index contributed by atoms with van der Waals surface area (Å²) in [7, 11) is 8.63. The van der Waals surface area contributed by atoms with E-state index in [2.05, 4.69) is 12.2 Å². The van der Waals surface area contributed by atoms with Crippen LogP contribution in [0.1, 0.15) is 51.4 Å². The van der Waals surface area contributed by atoms with Crippen molar-refractivity contribution in [3.05, 3.63) is 12.2 Å². The van der Waals surface area contributed by atoms with Crippen LogP contribution in [0.3, 0.4) is 0 Å². The molecule has 2 saturated carbocycles. The van der Waals surface area contributed by atoms with Crippen LogP contribution in [0.25, 0.3) is 0 Å². The number of ether oxygens (including phenoxy) is 6. The van der Waals surface area contributed by atoms with Crippen molar-refractivity contribution >= 4 is 5.97 Å². The van der Waals surface area contributed by atoms with E-state index in [1.54, 1.807) is 35.5 Å². The van der Waals surface area contributed by atoms with Crippen molar-refractivity contribution < 1.29 is 38.3 Å². The maximum absolute atomic E-state index is 10.6. The first-order valence-electron chi connectivity index (χ1n) is 12.1. The maximum Gasteiger partial charge on any atom is 0.303 e. The molecule has 0 saturated heterocycles. The lowest BCUT2D eigenvalue weighted by molar-refractivity contribution is -0.149. The van der Waals surface area contributed by atoms with Gasteiger partial charge in [0, 0.05) is 48.6 Å². The maximum atomic E-state index is 10.6. The predicted molar refractivity (Wildman–Crippen MR) is 124 cm³/mol. The molecule has 2 aliphatic rings. The Morgan fingerprint density at radius 2 is 1.15 bits per heavy atom. The van der Waals surface area contributed by atoms with E-state index >= 15 is 0 Å². The molecule has 0 amide bonds. The Balaban J connectivity index is 1.89. The van der Waals surface area contributed by atoms with Crippen LogP contribution in [0, 0.1) is 11.8 Å². The van der Waals surface area contributed by atoms with Crippen LogP contribution in [0.4, 0.5) is 0 Å². The molecule has 8 heteroatoms. The average molecular weight is 473 g/mol. The Labute approximate surface area is 198 Å².